The van der Waals surface area contributed by atoms with E-state index in [9.17, 15) is 9.59 Å². The average Bonchev–Trinajstić information content (AvgIpc) is 2.34. The predicted octanol–water partition coefficient (Wildman–Crippen LogP) is 2.94. The van der Waals surface area contributed by atoms with Gasteiger partial charge in [-0.1, -0.05) is 38.8 Å². The third-order valence-corrected chi connectivity index (χ3v) is 3.58. The number of carboxylic acids is 1. The molecule has 0 aliphatic heterocycles. The summed E-state index contributed by atoms with van der Waals surface area (Å²) in [6.07, 6.45) is 0.0550. The van der Waals surface area contributed by atoms with E-state index in [0.29, 0.717) is 14.5 Å². The van der Waals surface area contributed by atoms with Crippen LogP contribution in [0.3, 0.4) is 0 Å². The molecule has 0 aliphatic carbocycles. The quantitative estimate of drug-likeness (QED) is 0.790. The highest BCUT2D eigenvalue weighted by Gasteiger charge is 2.26. The maximum atomic E-state index is 12.1. The number of aliphatic carboxylic acids is 1. The Balaban J connectivity index is 2.91. The number of hydrogen-bond donors (Lipinski definition) is 2. The molecule has 0 saturated carbocycles. The highest BCUT2D eigenvalue weighted by Crippen LogP contribution is 2.20. The molecule has 0 saturated heterocycles. The van der Waals surface area contributed by atoms with E-state index in [1.54, 1.807) is 25.1 Å². The van der Waals surface area contributed by atoms with Crippen molar-refractivity contribution in [2.24, 2.45) is 5.92 Å². The first-order valence-electron chi connectivity index (χ1n) is 5.72. The Labute approximate surface area is 133 Å². The lowest BCUT2D eigenvalue weighted by atomic mass is 9.98. The molecule has 5 nitrogen and oxygen atoms in total. The van der Waals surface area contributed by atoms with Gasteiger partial charge in [-0.15, -0.1) is 0 Å². The van der Waals surface area contributed by atoms with Gasteiger partial charge in [-0.3, -0.25) is 4.79 Å². The molecule has 20 heavy (non-hydrogen) atoms. The number of rotatable bonds is 5. The largest absolute Gasteiger partial charge is 0.480 e. The molecular formula is C13H12Br2N2O3. The van der Waals surface area contributed by atoms with Crippen molar-refractivity contribution >= 4 is 43.7 Å². The zero-order chi connectivity index (χ0) is 15.3. The average molecular weight is 404 g/mol. The van der Waals surface area contributed by atoms with Gasteiger partial charge < -0.3 is 10.4 Å². The molecule has 0 spiro atoms. The Morgan fingerprint density at radius 2 is 1.90 bits per heavy atom. The summed E-state index contributed by atoms with van der Waals surface area (Å²) >= 11 is 6.52. The van der Waals surface area contributed by atoms with Crippen molar-refractivity contribution in [1.29, 1.82) is 5.26 Å². The molecular weight excluding hydrogens is 392 g/mol. The molecule has 1 aromatic rings. The molecule has 2 atom stereocenters. The SMILES string of the molecule is C[C@@H](CC#N)[C@@H](NC(=O)c1cc(Br)cc(Br)c1)C(=O)O. The van der Waals surface area contributed by atoms with E-state index in [2.05, 4.69) is 37.2 Å². The summed E-state index contributed by atoms with van der Waals surface area (Å²) in [5.74, 6) is -2.13. The summed E-state index contributed by atoms with van der Waals surface area (Å²) in [5.41, 5.74) is 0.335. The number of halogens is 2. The number of carbonyl (C=O) groups excluding carboxylic acids is 1. The van der Waals surface area contributed by atoms with Crippen molar-refractivity contribution in [3.63, 3.8) is 0 Å². The number of nitrogens with zero attached hydrogens (tertiary/aromatic N) is 1. The Hall–Kier alpha value is -1.39. The lowest BCUT2D eigenvalue weighted by Crippen LogP contribution is -2.45. The molecule has 1 aromatic carbocycles. The number of hydrogen-bond acceptors (Lipinski definition) is 3. The maximum Gasteiger partial charge on any atom is 0.326 e. The van der Waals surface area contributed by atoms with Crippen LogP contribution in [0.1, 0.15) is 23.7 Å². The Kier molecular flexibility index (Phi) is 6.17. The van der Waals surface area contributed by atoms with Crippen molar-refractivity contribution < 1.29 is 14.7 Å². The minimum Gasteiger partial charge on any atom is -0.480 e. The van der Waals surface area contributed by atoms with Crippen LogP contribution in [0.5, 0.6) is 0 Å². The van der Waals surface area contributed by atoms with Gasteiger partial charge in [0.05, 0.1) is 6.07 Å². The Bertz CT molecular complexity index is 549. The number of benzene rings is 1. The zero-order valence-corrected chi connectivity index (χ0v) is 13.7. The van der Waals surface area contributed by atoms with E-state index in [1.807, 2.05) is 6.07 Å². The topological polar surface area (TPSA) is 90.2 Å². The second kappa shape index (κ2) is 7.41. The first kappa shape index (κ1) is 16.7. The van der Waals surface area contributed by atoms with Crippen LogP contribution in [-0.2, 0) is 4.79 Å². The molecule has 106 valence electrons. The van der Waals surface area contributed by atoms with Crippen molar-refractivity contribution in [2.75, 3.05) is 0 Å². The van der Waals surface area contributed by atoms with E-state index in [4.69, 9.17) is 10.4 Å². The minimum absolute atomic E-state index is 0.0550. The van der Waals surface area contributed by atoms with Gasteiger partial charge in [0.1, 0.15) is 6.04 Å². The summed E-state index contributed by atoms with van der Waals surface area (Å²) in [5, 5.41) is 20.2. The predicted molar refractivity (Wildman–Crippen MR) is 80.1 cm³/mol. The Morgan fingerprint density at radius 1 is 1.35 bits per heavy atom. The minimum atomic E-state index is -1.16. The van der Waals surface area contributed by atoms with Crippen LogP contribution in [0.25, 0.3) is 0 Å². The van der Waals surface area contributed by atoms with E-state index < -0.39 is 23.8 Å². The van der Waals surface area contributed by atoms with Gasteiger partial charge >= 0.3 is 5.97 Å². The summed E-state index contributed by atoms with van der Waals surface area (Å²) in [7, 11) is 0. The fraction of sp³-hybridized carbons (Fsp3) is 0.308. The first-order valence-corrected chi connectivity index (χ1v) is 7.30. The Morgan fingerprint density at radius 3 is 2.35 bits per heavy atom. The third kappa shape index (κ3) is 4.62. The molecule has 1 rings (SSSR count). The summed E-state index contributed by atoms with van der Waals surface area (Å²) in [6.45, 7) is 1.61. The van der Waals surface area contributed by atoms with Crippen molar-refractivity contribution in [3.05, 3.63) is 32.7 Å². The normalized spacial score (nSPS) is 13.1. The highest BCUT2D eigenvalue weighted by atomic mass is 79.9. The second-order valence-electron chi connectivity index (χ2n) is 4.29. The van der Waals surface area contributed by atoms with E-state index >= 15 is 0 Å². The van der Waals surface area contributed by atoms with Crippen LogP contribution in [-0.4, -0.2) is 23.0 Å². The smallest absolute Gasteiger partial charge is 0.326 e. The van der Waals surface area contributed by atoms with Crippen LogP contribution in [0.2, 0.25) is 0 Å². The molecule has 0 bridgehead atoms. The van der Waals surface area contributed by atoms with Crippen molar-refractivity contribution in [2.45, 2.75) is 19.4 Å². The van der Waals surface area contributed by atoms with Gasteiger partial charge in [-0.05, 0) is 18.2 Å². The summed E-state index contributed by atoms with van der Waals surface area (Å²) < 4.78 is 1.41. The van der Waals surface area contributed by atoms with Gasteiger partial charge in [0.15, 0.2) is 0 Å². The standard InChI is InChI=1S/C13H12Br2N2O3/c1-7(2-3-16)11(13(19)20)17-12(18)8-4-9(14)6-10(15)5-8/h4-7,11H,2H2,1H3,(H,17,18)(H,19,20)/t7-,11+/m0/s1. The molecule has 0 unspecified atom stereocenters. The number of carbonyl (C=O) groups is 2. The van der Waals surface area contributed by atoms with Gasteiger partial charge in [-0.25, -0.2) is 4.79 Å². The number of amides is 1. The van der Waals surface area contributed by atoms with Gasteiger partial charge in [0.2, 0.25) is 0 Å². The maximum absolute atomic E-state index is 12.1. The van der Waals surface area contributed by atoms with Gasteiger partial charge in [0, 0.05) is 26.8 Å². The van der Waals surface area contributed by atoms with Crippen molar-refractivity contribution in [3.8, 4) is 6.07 Å². The molecule has 0 fully saturated rings. The van der Waals surface area contributed by atoms with Crippen molar-refractivity contribution in [1.82, 2.24) is 5.32 Å². The number of carboxylic acid groups (broad SMARTS) is 1. The number of nitrogens with one attached hydrogen (secondary N) is 1. The fourth-order valence-electron chi connectivity index (χ4n) is 1.62. The molecule has 0 aliphatic rings. The van der Waals surface area contributed by atoms with Crippen LogP contribution in [0.15, 0.2) is 27.1 Å². The van der Waals surface area contributed by atoms with Crippen LogP contribution < -0.4 is 5.32 Å². The number of nitriles is 1. The van der Waals surface area contributed by atoms with Crippen LogP contribution >= 0.6 is 31.9 Å². The van der Waals surface area contributed by atoms with Crippen LogP contribution in [0.4, 0.5) is 0 Å². The fourth-order valence-corrected chi connectivity index (χ4v) is 2.91. The van der Waals surface area contributed by atoms with E-state index in [-0.39, 0.29) is 6.42 Å². The van der Waals surface area contributed by atoms with E-state index in [1.165, 1.54) is 0 Å². The highest BCUT2D eigenvalue weighted by molar-refractivity contribution is 9.11. The summed E-state index contributed by atoms with van der Waals surface area (Å²) in [6, 6.07) is 5.76. The molecule has 0 aromatic heterocycles. The first-order chi connectivity index (χ1) is 9.35. The molecule has 0 heterocycles. The molecule has 0 radical (unpaired) electrons. The lowest BCUT2D eigenvalue weighted by Gasteiger charge is -2.19. The summed E-state index contributed by atoms with van der Waals surface area (Å²) in [4.78, 5) is 23.2. The lowest BCUT2D eigenvalue weighted by molar-refractivity contribution is -0.140. The third-order valence-electron chi connectivity index (χ3n) is 2.66. The van der Waals surface area contributed by atoms with E-state index in [0.717, 1.165) is 0 Å². The molecule has 2 N–H and O–H groups in total. The van der Waals surface area contributed by atoms with Crippen LogP contribution in [0, 0.1) is 17.2 Å². The monoisotopic (exact) mass is 402 g/mol. The molecule has 1 amide bonds. The van der Waals surface area contributed by atoms with Gasteiger partial charge in [-0.2, -0.15) is 5.26 Å². The second-order valence-corrected chi connectivity index (χ2v) is 6.12. The van der Waals surface area contributed by atoms with Gasteiger partial charge in [0.25, 0.3) is 5.91 Å². The zero-order valence-electron chi connectivity index (χ0n) is 10.6. The molecule has 7 heteroatoms.